The summed E-state index contributed by atoms with van der Waals surface area (Å²) in [5.74, 6) is 0.459. The highest BCUT2D eigenvalue weighted by molar-refractivity contribution is 5.95. The number of carbonyl (C=O) groups is 1. The molecule has 1 aliphatic rings. The second-order valence-electron chi connectivity index (χ2n) is 2.15. The summed E-state index contributed by atoms with van der Waals surface area (Å²) in [6.45, 7) is 0.0681. The van der Waals surface area contributed by atoms with Crippen molar-refractivity contribution in [1.29, 1.82) is 0 Å². The predicted molar refractivity (Wildman–Crippen MR) is 37.2 cm³/mol. The Morgan fingerprint density at radius 1 is 1.73 bits per heavy atom. The van der Waals surface area contributed by atoms with E-state index in [9.17, 15) is 4.79 Å². The van der Waals surface area contributed by atoms with Gasteiger partial charge in [0.05, 0.1) is 18.1 Å². The van der Waals surface area contributed by atoms with Gasteiger partial charge in [-0.25, -0.2) is 0 Å². The van der Waals surface area contributed by atoms with Crippen LogP contribution in [-0.4, -0.2) is 17.5 Å². The lowest BCUT2D eigenvalue weighted by atomic mass is 10.3. The molecule has 0 fully saturated rings. The Morgan fingerprint density at radius 2 is 2.64 bits per heavy atom. The molecule has 1 aromatic rings. The highest BCUT2D eigenvalue weighted by Crippen LogP contribution is 2.24. The third kappa shape index (κ3) is 1.02. The number of hydrogen-bond acceptors (Lipinski definition) is 3. The molecule has 1 aromatic heterocycles. The minimum atomic E-state index is -0.142. The normalized spacial score (nSPS) is 14.7. The lowest BCUT2D eigenvalue weighted by Crippen LogP contribution is -2.25. The first kappa shape index (κ1) is 6.15. The average Bonchev–Trinajstić information content (AvgIpc) is 2.04. The van der Waals surface area contributed by atoms with E-state index < -0.39 is 0 Å². The summed E-state index contributed by atoms with van der Waals surface area (Å²) in [7, 11) is 0. The van der Waals surface area contributed by atoms with Gasteiger partial charge in [0.1, 0.15) is 0 Å². The van der Waals surface area contributed by atoms with Gasteiger partial charge in [-0.1, -0.05) is 0 Å². The van der Waals surface area contributed by atoms with Crippen molar-refractivity contribution >= 4 is 11.6 Å². The molecule has 0 spiro atoms. The molecule has 0 unspecified atom stereocenters. The summed E-state index contributed by atoms with van der Waals surface area (Å²) < 4.78 is 5.04. The van der Waals surface area contributed by atoms with Crippen LogP contribution >= 0.6 is 0 Å². The van der Waals surface area contributed by atoms with Crippen molar-refractivity contribution in [3.05, 3.63) is 18.5 Å². The van der Waals surface area contributed by atoms with E-state index in [-0.39, 0.29) is 12.5 Å². The third-order valence-electron chi connectivity index (χ3n) is 1.36. The summed E-state index contributed by atoms with van der Waals surface area (Å²) in [5.41, 5.74) is 0.635. The molecule has 4 nitrogen and oxygen atoms in total. The number of carbonyl (C=O) groups excluding carboxylic acids is 1. The van der Waals surface area contributed by atoms with Gasteiger partial charge in [0.25, 0.3) is 5.91 Å². The lowest BCUT2D eigenvalue weighted by Gasteiger charge is -2.15. The first-order chi connectivity index (χ1) is 5.36. The molecule has 0 saturated heterocycles. The first-order valence-electron chi connectivity index (χ1n) is 3.15. The minimum absolute atomic E-state index is 0.0681. The van der Waals surface area contributed by atoms with Gasteiger partial charge < -0.3 is 10.1 Å². The van der Waals surface area contributed by atoms with E-state index in [1.165, 1.54) is 6.20 Å². The maximum absolute atomic E-state index is 10.8. The van der Waals surface area contributed by atoms with Crippen LogP contribution in [0.5, 0.6) is 5.75 Å². The summed E-state index contributed by atoms with van der Waals surface area (Å²) in [5, 5.41) is 2.62. The molecular formula is C7H5N2O2. The zero-order valence-electron chi connectivity index (χ0n) is 5.63. The fourth-order valence-corrected chi connectivity index (χ4v) is 0.881. The summed E-state index contributed by atoms with van der Waals surface area (Å²) in [6, 6.07) is 1.58. The number of fused-ring (bicyclic) bond motifs is 1. The van der Waals surface area contributed by atoms with Crippen LogP contribution in [0, 0.1) is 6.20 Å². The fraction of sp³-hybridized carbons (Fsp3) is 0.143. The maximum atomic E-state index is 10.8. The van der Waals surface area contributed by atoms with Gasteiger partial charge in [-0.05, 0) is 6.07 Å². The van der Waals surface area contributed by atoms with Crippen molar-refractivity contribution in [3.63, 3.8) is 0 Å². The number of nitrogens with zero attached hydrogens (tertiary/aromatic N) is 1. The molecule has 0 atom stereocenters. The summed E-state index contributed by atoms with van der Waals surface area (Å²) >= 11 is 0. The molecule has 2 heterocycles. The summed E-state index contributed by atoms with van der Waals surface area (Å²) in [4.78, 5) is 14.5. The second-order valence-corrected chi connectivity index (χ2v) is 2.15. The van der Waals surface area contributed by atoms with Gasteiger partial charge in [-0.3, -0.25) is 9.78 Å². The fourth-order valence-electron chi connectivity index (χ4n) is 0.881. The van der Waals surface area contributed by atoms with Gasteiger partial charge in [0.2, 0.25) is 0 Å². The van der Waals surface area contributed by atoms with Crippen molar-refractivity contribution in [2.75, 3.05) is 11.9 Å². The highest BCUT2D eigenvalue weighted by atomic mass is 16.5. The van der Waals surface area contributed by atoms with Crippen LogP contribution in [0.15, 0.2) is 12.3 Å². The molecule has 0 aliphatic carbocycles. The zero-order chi connectivity index (χ0) is 7.68. The maximum Gasteiger partial charge on any atom is 0.262 e. The molecule has 55 valence electrons. The van der Waals surface area contributed by atoms with Gasteiger partial charge in [-0.2, -0.15) is 0 Å². The molecule has 11 heavy (non-hydrogen) atoms. The number of ether oxygens (including phenoxy) is 1. The molecule has 1 N–H and O–H groups in total. The van der Waals surface area contributed by atoms with E-state index in [2.05, 4.69) is 16.5 Å². The number of nitrogens with one attached hydrogen (secondary N) is 1. The van der Waals surface area contributed by atoms with E-state index >= 15 is 0 Å². The Balaban J connectivity index is 2.41. The van der Waals surface area contributed by atoms with E-state index in [4.69, 9.17) is 4.74 Å². The van der Waals surface area contributed by atoms with E-state index in [0.717, 1.165) is 0 Å². The van der Waals surface area contributed by atoms with Crippen molar-refractivity contribution in [1.82, 2.24) is 4.98 Å². The topological polar surface area (TPSA) is 51.2 Å². The molecule has 4 heteroatoms. The van der Waals surface area contributed by atoms with Gasteiger partial charge in [0.15, 0.2) is 12.4 Å². The van der Waals surface area contributed by atoms with Crippen LogP contribution in [0.1, 0.15) is 0 Å². The van der Waals surface area contributed by atoms with Crippen LogP contribution in [0.4, 0.5) is 5.69 Å². The van der Waals surface area contributed by atoms with Crippen LogP contribution in [-0.2, 0) is 4.79 Å². The average molecular weight is 149 g/mol. The number of hydrogen-bond donors (Lipinski definition) is 1. The lowest BCUT2D eigenvalue weighted by molar-refractivity contribution is -0.118. The van der Waals surface area contributed by atoms with Gasteiger partial charge in [0, 0.05) is 0 Å². The Kier molecular flexibility index (Phi) is 1.25. The number of amides is 1. The Hall–Kier alpha value is -1.58. The number of pyridine rings is 1. The number of rotatable bonds is 0. The monoisotopic (exact) mass is 149 g/mol. The van der Waals surface area contributed by atoms with Crippen LogP contribution in [0.25, 0.3) is 0 Å². The molecule has 1 radical (unpaired) electrons. The second kappa shape index (κ2) is 2.23. The Bertz CT molecular complexity index is 298. The molecule has 0 bridgehead atoms. The van der Waals surface area contributed by atoms with Gasteiger partial charge in [-0.15, -0.1) is 0 Å². The third-order valence-corrected chi connectivity index (χ3v) is 1.36. The van der Waals surface area contributed by atoms with E-state index in [0.29, 0.717) is 11.4 Å². The van der Waals surface area contributed by atoms with E-state index in [1.807, 2.05) is 0 Å². The molecule has 0 aromatic carbocycles. The van der Waals surface area contributed by atoms with Crippen molar-refractivity contribution in [2.24, 2.45) is 0 Å². The van der Waals surface area contributed by atoms with Gasteiger partial charge >= 0.3 is 0 Å². The van der Waals surface area contributed by atoms with E-state index in [1.54, 1.807) is 6.07 Å². The quantitative estimate of drug-likeness (QED) is 0.573. The highest BCUT2D eigenvalue weighted by Gasteiger charge is 2.14. The molecular weight excluding hydrogens is 144 g/mol. The van der Waals surface area contributed by atoms with Crippen molar-refractivity contribution in [2.45, 2.75) is 0 Å². The molecule has 2 rings (SSSR count). The SMILES string of the molecule is O=C1COc2cn[c]cc2N1. The Morgan fingerprint density at radius 3 is 3.55 bits per heavy atom. The number of aromatic nitrogens is 1. The molecule has 1 amide bonds. The largest absolute Gasteiger partial charge is 0.480 e. The van der Waals surface area contributed by atoms with Crippen LogP contribution < -0.4 is 10.1 Å². The zero-order valence-corrected chi connectivity index (χ0v) is 5.63. The standard InChI is InChI=1S/C7H5N2O2/c10-7-4-11-6-3-8-2-1-5(6)9-7/h1,3H,4H2,(H,9,10). The van der Waals surface area contributed by atoms with Crippen molar-refractivity contribution < 1.29 is 9.53 Å². The minimum Gasteiger partial charge on any atom is -0.480 e. The molecule has 0 saturated carbocycles. The molecule has 1 aliphatic heterocycles. The van der Waals surface area contributed by atoms with Crippen molar-refractivity contribution in [3.8, 4) is 5.75 Å². The first-order valence-corrected chi connectivity index (χ1v) is 3.15. The number of anilines is 1. The summed E-state index contributed by atoms with van der Waals surface area (Å²) in [6.07, 6.45) is 4.12. The Labute approximate surface area is 63.2 Å². The smallest absolute Gasteiger partial charge is 0.262 e. The predicted octanol–water partition coefficient (Wildman–Crippen LogP) is 0.213. The van der Waals surface area contributed by atoms with Crippen LogP contribution in [0.3, 0.4) is 0 Å². The van der Waals surface area contributed by atoms with Crippen LogP contribution in [0.2, 0.25) is 0 Å².